The highest BCUT2D eigenvalue weighted by Gasteiger charge is 2.71. The molecule has 1 saturated carbocycles. The lowest BCUT2D eigenvalue weighted by molar-refractivity contribution is 0.0575. The minimum atomic E-state index is -2.49. The van der Waals surface area contributed by atoms with E-state index in [2.05, 4.69) is 4.98 Å². The second kappa shape index (κ2) is 4.29. The van der Waals surface area contributed by atoms with Crippen LogP contribution < -0.4 is 9.64 Å². The van der Waals surface area contributed by atoms with Crippen LogP contribution in [0.15, 0.2) is 18.2 Å². The second-order valence-corrected chi connectivity index (χ2v) is 7.00. The predicted octanol–water partition coefficient (Wildman–Crippen LogP) is 3.93. The van der Waals surface area contributed by atoms with Gasteiger partial charge in [-0.2, -0.15) is 0 Å². The highest BCUT2D eigenvalue weighted by Crippen LogP contribution is 2.64. The summed E-state index contributed by atoms with van der Waals surface area (Å²) in [4.78, 5) is 6.65. The van der Waals surface area contributed by atoms with E-state index < -0.39 is 11.3 Å². The molecular formula is C15H16F2N2OS. The van der Waals surface area contributed by atoms with Crippen LogP contribution in [0, 0.1) is 5.41 Å². The smallest absolute Gasteiger partial charge is 0.256 e. The van der Waals surface area contributed by atoms with E-state index >= 15 is 0 Å². The number of nitrogens with zero attached hydrogens (tertiary/aromatic N) is 2. The summed E-state index contributed by atoms with van der Waals surface area (Å²) >= 11 is 1.55. The summed E-state index contributed by atoms with van der Waals surface area (Å²) in [6, 6.07) is 5.79. The second-order valence-electron chi connectivity index (χ2n) is 5.99. The molecule has 4 rings (SSSR count). The number of anilines is 1. The summed E-state index contributed by atoms with van der Waals surface area (Å²) in [7, 11) is 1.62. The standard InChI is InChI=1S/C15H16F2N2OS/c1-20-10-4-2-5-11-12(10)18-13(21-11)19-7-3-6-14(9-19)8-15(14,16)17/h2,4-5H,3,6-9H2,1H3. The SMILES string of the molecule is COc1cccc2sc(N3CCCC4(C3)CC4(F)F)nc12. The molecule has 1 spiro atoms. The molecule has 2 aromatic rings. The van der Waals surface area contributed by atoms with Crippen LogP contribution >= 0.6 is 11.3 Å². The van der Waals surface area contributed by atoms with Gasteiger partial charge in [0, 0.05) is 19.5 Å². The van der Waals surface area contributed by atoms with Gasteiger partial charge in [-0.15, -0.1) is 0 Å². The minimum Gasteiger partial charge on any atom is -0.494 e. The zero-order valence-corrected chi connectivity index (χ0v) is 12.6. The molecule has 1 aromatic heterocycles. The Bertz CT molecular complexity index is 702. The first-order valence-electron chi connectivity index (χ1n) is 7.11. The van der Waals surface area contributed by atoms with Gasteiger partial charge >= 0.3 is 0 Å². The van der Waals surface area contributed by atoms with Crippen molar-refractivity contribution in [1.82, 2.24) is 4.98 Å². The molecule has 1 saturated heterocycles. The van der Waals surface area contributed by atoms with Crippen LogP contribution in [-0.4, -0.2) is 31.1 Å². The number of fused-ring (bicyclic) bond motifs is 1. The maximum Gasteiger partial charge on any atom is 0.256 e. The monoisotopic (exact) mass is 310 g/mol. The van der Waals surface area contributed by atoms with Gasteiger partial charge < -0.3 is 9.64 Å². The quantitative estimate of drug-likeness (QED) is 0.840. The van der Waals surface area contributed by atoms with Gasteiger partial charge in [0.25, 0.3) is 5.92 Å². The van der Waals surface area contributed by atoms with E-state index in [9.17, 15) is 8.78 Å². The van der Waals surface area contributed by atoms with E-state index in [1.54, 1.807) is 18.4 Å². The van der Waals surface area contributed by atoms with Crippen LogP contribution in [0.3, 0.4) is 0 Å². The molecule has 2 aliphatic rings. The van der Waals surface area contributed by atoms with Crippen LogP contribution in [0.5, 0.6) is 5.75 Å². The maximum absolute atomic E-state index is 13.6. The zero-order chi connectivity index (χ0) is 14.7. The number of methoxy groups -OCH3 is 1. The Kier molecular flexibility index (Phi) is 2.70. The molecule has 1 aliphatic carbocycles. The van der Waals surface area contributed by atoms with Crippen LogP contribution in [0.25, 0.3) is 10.2 Å². The average molecular weight is 310 g/mol. The number of ether oxygens (including phenoxy) is 1. The Labute approximate surface area is 125 Å². The molecule has 3 nitrogen and oxygen atoms in total. The van der Waals surface area contributed by atoms with E-state index in [1.165, 1.54) is 0 Å². The third kappa shape index (κ3) is 1.92. The summed E-state index contributed by atoms with van der Waals surface area (Å²) in [6.45, 7) is 1.22. The van der Waals surface area contributed by atoms with Crippen LogP contribution in [0.4, 0.5) is 13.9 Å². The Morgan fingerprint density at radius 1 is 1.38 bits per heavy atom. The molecule has 2 fully saturated rings. The first-order chi connectivity index (χ1) is 10.0. The van der Waals surface area contributed by atoms with Crippen molar-refractivity contribution >= 4 is 26.7 Å². The average Bonchev–Trinajstić information content (AvgIpc) is 2.85. The van der Waals surface area contributed by atoms with Crippen molar-refractivity contribution < 1.29 is 13.5 Å². The third-order valence-corrected chi connectivity index (χ3v) is 5.73. The van der Waals surface area contributed by atoms with E-state index in [-0.39, 0.29) is 6.42 Å². The molecule has 112 valence electrons. The number of thiazole rings is 1. The van der Waals surface area contributed by atoms with Gasteiger partial charge in [-0.25, -0.2) is 13.8 Å². The summed E-state index contributed by atoms with van der Waals surface area (Å²) in [5, 5.41) is 0.830. The molecule has 1 unspecified atom stereocenters. The largest absolute Gasteiger partial charge is 0.494 e. The van der Waals surface area contributed by atoms with Crippen molar-refractivity contribution in [2.75, 3.05) is 25.1 Å². The number of rotatable bonds is 2. The van der Waals surface area contributed by atoms with E-state index in [0.717, 1.165) is 34.1 Å². The van der Waals surface area contributed by atoms with Crippen molar-refractivity contribution in [3.8, 4) is 5.75 Å². The number of para-hydroxylation sites is 1. The number of benzene rings is 1. The Morgan fingerprint density at radius 3 is 2.90 bits per heavy atom. The highest BCUT2D eigenvalue weighted by molar-refractivity contribution is 7.22. The lowest BCUT2D eigenvalue weighted by Crippen LogP contribution is -2.39. The fraction of sp³-hybridized carbons (Fsp3) is 0.533. The van der Waals surface area contributed by atoms with Crippen molar-refractivity contribution in [2.45, 2.75) is 25.2 Å². The molecule has 0 amide bonds. The van der Waals surface area contributed by atoms with E-state index in [0.29, 0.717) is 13.0 Å². The number of piperidine rings is 1. The van der Waals surface area contributed by atoms with E-state index in [1.807, 2.05) is 23.1 Å². The van der Waals surface area contributed by atoms with Crippen molar-refractivity contribution in [3.05, 3.63) is 18.2 Å². The number of alkyl halides is 2. The molecular weight excluding hydrogens is 294 g/mol. The first-order valence-corrected chi connectivity index (χ1v) is 7.93. The van der Waals surface area contributed by atoms with Crippen LogP contribution in [-0.2, 0) is 0 Å². The lowest BCUT2D eigenvalue weighted by atomic mass is 9.95. The molecule has 1 aliphatic heterocycles. The van der Waals surface area contributed by atoms with Gasteiger partial charge in [-0.05, 0) is 25.0 Å². The summed E-state index contributed by atoms with van der Waals surface area (Å²) in [6.07, 6.45) is 1.47. The van der Waals surface area contributed by atoms with Gasteiger partial charge in [-0.3, -0.25) is 0 Å². The van der Waals surface area contributed by atoms with Gasteiger partial charge in [0.2, 0.25) is 0 Å². The predicted molar refractivity (Wildman–Crippen MR) is 79.6 cm³/mol. The molecule has 0 bridgehead atoms. The Morgan fingerprint density at radius 2 is 2.19 bits per heavy atom. The lowest BCUT2D eigenvalue weighted by Gasteiger charge is -2.32. The Balaban J connectivity index is 1.67. The maximum atomic E-state index is 13.6. The molecule has 0 radical (unpaired) electrons. The number of aromatic nitrogens is 1. The van der Waals surface area contributed by atoms with Gasteiger partial charge in [-0.1, -0.05) is 17.4 Å². The third-order valence-electron chi connectivity index (χ3n) is 4.65. The summed E-state index contributed by atoms with van der Waals surface area (Å²) in [5.41, 5.74) is 0.0230. The molecule has 21 heavy (non-hydrogen) atoms. The van der Waals surface area contributed by atoms with E-state index in [4.69, 9.17) is 4.74 Å². The molecule has 6 heteroatoms. The van der Waals surface area contributed by atoms with Crippen LogP contribution in [0.1, 0.15) is 19.3 Å². The molecule has 1 atom stereocenters. The number of halogens is 2. The van der Waals surface area contributed by atoms with Gasteiger partial charge in [0.05, 0.1) is 17.2 Å². The van der Waals surface area contributed by atoms with Gasteiger partial charge in [0.1, 0.15) is 11.3 Å². The summed E-state index contributed by atoms with van der Waals surface area (Å²) < 4.78 is 33.6. The van der Waals surface area contributed by atoms with Crippen molar-refractivity contribution in [2.24, 2.45) is 5.41 Å². The molecule has 0 N–H and O–H groups in total. The zero-order valence-electron chi connectivity index (χ0n) is 11.7. The number of hydrogen-bond acceptors (Lipinski definition) is 4. The normalized spacial score (nSPS) is 27.3. The Hall–Kier alpha value is -1.43. The topological polar surface area (TPSA) is 25.4 Å². The minimum absolute atomic E-state index is 0.0325. The van der Waals surface area contributed by atoms with Crippen molar-refractivity contribution in [3.63, 3.8) is 0 Å². The van der Waals surface area contributed by atoms with Crippen LogP contribution in [0.2, 0.25) is 0 Å². The fourth-order valence-electron chi connectivity index (χ4n) is 3.33. The molecule has 1 aromatic carbocycles. The number of hydrogen-bond donors (Lipinski definition) is 0. The highest BCUT2D eigenvalue weighted by atomic mass is 32.1. The van der Waals surface area contributed by atoms with Gasteiger partial charge in [0.15, 0.2) is 5.13 Å². The van der Waals surface area contributed by atoms with Crippen molar-refractivity contribution in [1.29, 1.82) is 0 Å². The fourth-order valence-corrected chi connectivity index (χ4v) is 4.34. The molecule has 2 heterocycles. The summed E-state index contributed by atoms with van der Waals surface area (Å²) in [5.74, 6) is -1.75. The first kappa shape index (κ1) is 13.2.